The third kappa shape index (κ3) is 3.85. The molecule has 0 saturated carbocycles. The predicted molar refractivity (Wildman–Crippen MR) is 69.2 cm³/mol. The number of hydrogen-bond acceptors (Lipinski definition) is 4. The summed E-state index contributed by atoms with van der Waals surface area (Å²) in [5, 5.41) is 2.74. The number of ether oxygens (including phenoxy) is 1. The molecule has 1 aromatic rings. The number of benzene rings is 1. The van der Waals surface area contributed by atoms with Crippen LogP contribution in [0.25, 0.3) is 0 Å². The van der Waals surface area contributed by atoms with Crippen LogP contribution in [0.4, 0.5) is 5.69 Å². The Balaban J connectivity index is 2.73. The van der Waals surface area contributed by atoms with Gasteiger partial charge in [0.2, 0.25) is 5.91 Å². The minimum Gasteiger partial charge on any atom is -0.465 e. The summed E-state index contributed by atoms with van der Waals surface area (Å²) < 4.78 is 4.61. The maximum atomic E-state index is 11.8. The fourth-order valence-electron chi connectivity index (χ4n) is 1.49. The number of rotatable bonds is 5. The number of methoxy groups -OCH3 is 1. The summed E-state index contributed by atoms with van der Waals surface area (Å²) in [4.78, 5) is 23.1. The highest BCUT2D eigenvalue weighted by Gasteiger charge is 2.13. The van der Waals surface area contributed by atoms with Crippen LogP contribution >= 0.6 is 0 Å². The molecule has 1 rings (SSSR count). The second-order valence-electron chi connectivity index (χ2n) is 4.04. The molecule has 0 saturated heterocycles. The van der Waals surface area contributed by atoms with Crippen LogP contribution in [0.5, 0.6) is 0 Å². The van der Waals surface area contributed by atoms with Crippen LogP contribution in [0.3, 0.4) is 0 Å². The molecule has 0 aliphatic rings. The second kappa shape index (κ2) is 6.76. The first kappa shape index (κ1) is 14.2. The lowest BCUT2D eigenvalue weighted by atomic mass is 10.1. The van der Waals surface area contributed by atoms with E-state index in [0.717, 1.165) is 0 Å². The summed E-state index contributed by atoms with van der Waals surface area (Å²) in [5.41, 5.74) is 6.38. The van der Waals surface area contributed by atoms with Crippen molar-refractivity contribution >= 4 is 17.6 Å². The molecule has 0 aromatic heterocycles. The molecule has 1 amide bonds. The summed E-state index contributed by atoms with van der Waals surface area (Å²) >= 11 is 0. The molecule has 0 aliphatic carbocycles. The lowest BCUT2D eigenvalue weighted by Gasteiger charge is -2.11. The van der Waals surface area contributed by atoms with Crippen molar-refractivity contribution in [2.75, 3.05) is 19.0 Å². The largest absolute Gasteiger partial charge is 0.465 e. The van der Waals surface area contributed by atoms with Gasteiger partial charge in [0.05, 0.1) is 12.7 Å². The molecule has 1 atom stereocenters. The third-order valence-corrected chi connectivity index (χ3v) is 2.60. The van der Waals surface area contributed by atoms with Gasteiger partial charge in [-0.1, -0.05) is 13.0 Å². The van der Waals surface area contributed by atoms with Gasteiger partial charge in [0.15, 0.2) is 0 Å². The lowest BCUT2D eigenvalue weighted by molar-refractivity contribution is -0.119. The molecule has 0 bridgehead atoms. The number of carbonyl (C=O) groups excluding carboxylic acids is 2. The molecular formula is C13H18N2O3. The normalized spacial score (nSPS) is 11.7. The van der Waals surface area contributed by atoms with Crippen molar-refractivity contribution < 1.29 is 14.3 Å². The Morgan fingerprint density at radius 3 is 2.78 bits per heavy atom. The highest BCUT2D eigenvalue weighted by atomic mass is 16.5. The number of nitrogens with one attached hydrogen (secondary N) is 1. The van der Waals surface area contributed by atoms with E-state index in [-0.39, 0.29) is 11.8 Å². The molecule has 1 aromatic carbocycles. The smallest absolute Gasteiger partial charge is 0.337 e. The fraction of sp³-hybridized carbons (Fsp3) is 0.385. The van der Waals surface area contributed by atoms with Crippen LogP contribution in [0.15, 0.2) is 24.3 Å². The van der Waals surface area contributed by atoms with Gasteiger partial charge in [-0.2, -0.15) is 0 Å². The monoisotopic (exact) mass is 250 g/mol. The minimum atomic E-state index is -0.430. The predicted octanol–water partition coefficient (Wildman–Crippen LogP) is 1.40. The van der Waals surface area contributed by atoms with Gasteiger partial charge in [0.25, 0.3) is 0 Å². The number of carbonyl (C=O) groups is 2. The van der Waals surface area contributed by atoms with Crippen LogP contribution in [0, 0.1) is 5.92 Å². The van der Waals surface area contributed by atoms with E-state index in [1.54, 1.807) is 24.3 Å². The zero-order valence-electron chi connectivity index (χ0n) is 10.6. The molecule has 3 N–H and O–H groups in total. The number of nitrogens with two attached hydrogens (primary N) is 1. The molecule has 5 nitrogen and oxygen atoms in total. The first-order valence-corrected chi connectivity index (χ1v) is 5.77. The van der Waals surface area contributed by atoms with Crippen LogP contribution in [0.2, 0.25) is 0 Å². The fourth-order valence-corrected chi connectivity index (χ4v) is 1.49. The quantitative estimate of drug-likeness (QED) is 0.774. The maximum absolute atomic E-state index is 11.8. The van der Waals surface area contributed by atoms with Crippen LogP contribution in [-0.4, -0.2) is 25.5 Å². The molecule has 1 unspecified atom stereocenters. The highest BCUT2D eigenvalue weighted by Crippen LogP contribution is 2.13. The van der Waals surface area contributed by atoms with E-state index in [1.165, 1.54) is 7.11 Å². The summed E-state index contributed by atoms with van der Waals surface area (Å²) in [5.74, 6) is -0.694. The summed E-state index contributed by atoms with van der Waals surface area (Å²) in [6.45, 7) is 2.28. The number of hydrogen-bond donors (Lipinski definition) is 2. The van der Waals surface area contributed by atoms with Crippen molar-refractivity contribution in [1.29, 1.82) is 0 Å². The molecule has 0 spiro atoms. The molecule has 0 heterocycles. The summed E-state index contributed by atoms with van der Waals surface area (Å²) in [6, 6.07) is 6.62. The van der Waals surface area contributed by atoms with Crippen molar-refractivity contribution in [3.63, 3.8) is 0 Å². The minimum absolute atomic E-state index is 0.109. The Kier molecular flexibility index (Phi) is 5.32. The van der Waals surface area contributed by atoms with Crippen LogP contribution in [-0.2, 0) is 9.53 Å². The van der Waals surface area contributed by atoms with E-state index in [0.29, 0.717) is 24.2 Å². The van der Waals surface area contributed by atoms with Gasteiger partial charge in [-0.25, -0.2) is 4.79 Å². The van der Waals surface area contributed by atoms with Crippen molar-refractivity contribution in [1.82, 2.24) is 0 Å². The molecule has 5 heteroatoms. The lowest BCUT2D eigenvalue weighted by Crippen LogP contribution is -2.22. The van der Waals surface area contributed by atoms with E-state index in [9.17, 15) is 9.59 Å². The Morgan fingerprint density at radius 2 is 2.17 bits per heavy atom. The van der Waals surface area contributed by atoms with E-state index < -0.39 is 5.97 Å². The zero-order valence-corrected chi connectivity index (χ0v) is 10.6. The average molecular weight is 250 g/mol. The molecular weight excluding hydrogens is 232 g/mol. The van der Waals surface area contributed by atoms with Crippen molar-refractivity contribution in [2.45, 2.75) is 13.3 Å². The van der Waals surface area contributed by atoms with E-state index in [2.05, 4.69) is 10.1 Å². The van der Waals surface area contributed by atoms with E-state index in [4.69, 9.17) is 5.73 Å². The Hall–Kier alpha value is -1.88. The molecule has 0 aliphatic heterocycles. The number of esters is 1. The molecule has 0 fully saturated rings. The van der Waals surface area contributed by atoms with Gasteiger partial charge in [0, 0.05) is 11.6 Å². The molecule has 18 heavy (non-hydrogen) atoms. The van der Waals surface area contributed by atoms with Crippen molar-refractivity contribution in [2.24, 2.45) is 11.7 Å². The first-order valence-electron chi connectivity index (χ1n) is 5.77. The van der Waals surface area contributed by atoms with Crippen molar-refractivity contribution in [3.8, 4) is 0 Å². The van der Waals surface area contributed by atoms with Crippen LogP contribution < -0.4 is 11.1 Å². The highest BCUT2D eigenvalue weighted by molar-refractivity contribution is 5.95. The number of anilines is 1. The van der Waals surface area contributed by atoms with Gasteiger partial charge in [-0.05, 0) is 31.2 Å². The van der Waals surface area contributed by atoms with Gasteiger partial charge < -0.3 is 15.8 Å². The van der Waals surface area contributed by atoms with Gasteiger partial charge >= 0.3 is 5.97 Å². The maximum Gasteiger partial charge on any atom is 0.337 e. The van der Waals surface area contributed by atoms with E-state index in [1.807, 2.05) is 6.92 Å². The number of amides is 1. The first-order chi connectivity index (χ1) is 8.58. The molecule has 98 valence electrons. The van der Waals surface area contributed by atoms with Gasteiger partial charge in [0.1, 0.15) is 0 Å². The van der Waals surface area contributed by atoms with Gasteiger partial charge in [-0.15, -0.1) is 0 Å². The Bertz CT molecular complexity index is 432. The summed E-state index contributed by atoms with van der Waals surface area (Å²) in [7, 11) is 1.32. The molecule has 0 radical (unpaired) electrons. The Morgan fingerprint density at radius 1 is 1.44 bits per heavy atom. The second-order valence-corrected chi connectivity index (χ2v) is 4.04. The summed E-state index contributed by atoms with van der Waals surface area (Å²) in [6.07, 6.45) is 0.628. The van der Waals surface area contributed by atoms with Crippen LogP contribution in [0.1, 0.15) is 23.7 Å². The standard InChI is InChI=1S/C13H18N2O3/c1-9(6-7-14)12(16)15-11-5-3-4-10(8-11)13(17)18-2/h3-5,8-9H,6-7,14H2,1-2H3,(H,15,16). The zero-order chi connectivity index (χ0) is 13.5. The van der Waals surface area contributed by atoms with Crippen molar-refractivity contribution in [3.05, 3.63) is 29.8 Å². The average Bonchev–Trinajstić information content (AvgIpc) is 2.38. The third-order valence-electron chi connectivity index (χ3n) is 2.60. The Labute approximate surface area is 106 Å². The topological polar surface area (TPSA) is 81.4 Å². The van der Waals surface area contributed by atoms with E-state index >= 15 is 0 Å². The SMILES string of the molecule is COC(=O)c1cccc(NC(=O)C(C)CCN)c1. The van der Waals surface area contributed by atoms with Gasteiger partial charge in [-0.3, -0.25) is 4.79 Å².